The zero-order valence-corrected chi connectivity index (χ0v) is 14.9. The van der Waals surface area contributed by atoms with E-state index in [1.54, 1.807) is 30.5 Å². The minimum Gasteiger partial charge on any atom is -0.454 e. The predicted octanol–water partition coefficient (Wildman–Crippen LogP) is 3.70. The molecule has 27 heavy (non-hydrogen) atoms. The van der Waals surface area contributed by atoms with Crippen molar-refractivity contribution < 1.29 is 14.3 Å². The number of fused-ring (bicyclic) bond motifs is 1. The lowest BCUT2D eigenvalue weighted by Gasteiger charge is -2.19. The van der Waals surface area contributed by atoms with Crippen molar-refractivity contribution in [3.05, 3.63) is 78.0 Å². The van der Waals surface area contributed by atoms with Crippen LogP contribution in [-0.2, 0) is 6.54 Å². The zero-order chi connectivity index (χ0) is 18.6. The summed E-state index contributed by atoms with van der Waals surface area (Å²) in [5.41, 5.74) is 2.69. The number of anilines is 2. The highest BCUT2D eigenvalue weighted by Crippen LogP contribution is 2.32. The van der Waals surface area contributed by atoms with Crippen LogP contribution < -0.4 is 19.7 Å². The molecule has 1 aromatic heterocycles. The van der Waals surface area contributed by atoms with Crippen LogP contribution in [0.5, 0.6) is 11.5 Å². The fraction of sp³-hybridized carbons (Fsp3) is 0.143. The second kappa shape index (κ2) is 7.37. The normalized spacial score (nSPS) is 11.9. The highest BCUT2D eigenvalue weighted by molar-refractivity contribution is 6.04. The number of hydrogen-bond acceptors (Lipinski definition) is 5. The topological polar surface area (TPSA) is 63.7 Å². The molecule has 0 spiro atoms. The number of rotatable bonds is 5. The van der Waals surface area contributed by atoms with E-state index in [1.165, 1.54) is 5.56 Å². The van der Waals surface area contributed by atoms with E-state index in [0.717, 1.165) is 12.2 Å². The average Bonchev–Trinajstić information content (AvgIpc) is 3.17. The van der Waals surface area contributed by atoms with Gasteiger partial charge in [-0.1, -0.05) is 30.3 Å². The van der Waals surface area contributed by atoms with Gasteiger partial charge in [-0.3, -0.25) is 4.79 Å². The first-order valence-electron chi connectivity index (χ1n) is 8.61. The van der Waals surface area contributed by atoms with Crippen molar-refractivity contribution in [3.8, 4) is 11.5 Å². The monoisotopic (exact) mass is 361 g/mol. The summed E-state index contributed by atoms with van der Waals surface area (Å²) in [6, 6.07) is 19.0. The number of nitrogens with one attached hydrogen (secondary N) is 1. The van der Waals surface area contributed by atoms with Crippen molar-refractivity contribution in [2.75, 3.05) is 24.1 Å². The van der Waals surface area contributed by atoms with E-state index in [1.807, 2.05) is 31.3 Å². The van der Waals surface area contributed by atoms with Crippen molar-refractivity contribution in [1.29, 1.82) is 0 Å². The lowest BCUT2D eigenvalue weighted by molar-refractivity contribution is 0.102. The van der Waals surface area contributed by atoms with Gasteiger partial charge in [-0.2, -0.15) is 0 Å². The Hall–Kier alpha value is -3.54. The number of carbonyl (C=O) groups is 1. The van der Waals surface area contributed by atoms with Gasteiger partial charge in [0.15, 0.2) is 11.5 Å². The third-order valence-electron chi connectivity index (χ3n) is 4.33. The molecule has 0 bridgehead atoms. The molecule has 0 saturated carbocycles. The van der Waals surface area contributed by atoms with E-state index < -0.39 is 0 Å². The van der Waals surface area contributed by atoms with Crippen molar-refractivity contribution in [2.45, 2.75) is 6.54 Å². The fourth-order valence-electron chi connectivity index (χ4n) is 2.86. The molecule has 0 fully saturated rings. The summed E-state index contributed by atoms with van der Waals surface area (Å²) in [5, 5.41) is 2.80. The third kappa shape index (κ3) is 3.84. The maximum absolute atomic E-state index is 12.4. The Morgan fingerprint density at radius 1 is 1.07 bits per heavy atom. The number of ether oxygens (including phenoxy) is 2. The lowest BCUT2D eigenvalue weighted by Crippen LogP contribution is -2.17. The summed E-state index contributed by atoms with van der Waals surface area (Å²) in [6.07, 6.45) is 1.75. The number of hydrogen-bond donors (Lipinski definition) is 1. The van der Waals surface area contributed by atoms with Gasteiger partial charge in [0.1, 0.15) is 5.82 Å². The molecule has 0 unspecified atom stereocenters. The first-order chi connectivity index (χ1) is 13.2. The van der Waals surface area contributed by atoms with Crippen molar-refractivity contribution >= 4 is 17.4 Å². The van der Waals surface area contributed by atoms with Gasteiger partial charge in [0, 0.05) is 19.2 Å². The minimum absolute atomic E-state index is 0.180. The molecule has 0 aliphatic carbocycles. The van der Waals surface area contributed by atoms with Crippen molar-refractivity contribution in [1.82, 2.24) is 4.98 Å². The van der Waals surface area contributed by atoms with Crippen LogP contribution >= 0.6 is 0 Å². The van der Waals surface area contributed by atoms with Crippen molar-refractivity contribution in [3.63, 3.8) is 0 Å². The number of benzene rings is 2. The fourth-order valence-corrected chi connectivity index (χ4v) is 2.86. The number of carbonyl (C=O) groups excluding carboxylic acids is 1. The Kier molecular flexibility index (Phi) is 4.61. The summed E-state index contributed by atoms with van der Waals surface area (Å²) < 4.78 is 10.6. The summed E-state index contributed by atoms with van der Waals surface area (Å²) in [4.78, 5) is 18.9. The summed E-state index contributed by atoms with van der Waals surface area (Å²) in [7, 11) is 2.01. The maximum atomic E-state index is 12.4. The molecule has 0 saturated heterocycles. The first-order valence-corrected chi connectivity index (χ1v) is 8.61. The van der Waals surface area contributed by atoms with Gasteiger partial charge in [0.25, 0.3) is 5.91 Å². The molecule has 6 nitrogen and oxygen atoms in total. The Morgan fingerprint density at radius 2 is 1.89 bits per heavy atom. The summed E-state index contributed by atoms with van der Waals surface area (Å²) >= 11 is 0. The van der Waals surface area contributed by atoms with Gasteiger partial charge < -0.3 is 19.7 Å². The van der Waals surface area contributed by atoms with Gasteiger partial charge in [0.2, 0.25) is 6.79 Å². The Bertz CT molecular complexity index is 943. The molecule has 1 aliphatic rings. The molecule has 1 aliphatic heterocycles. The van der Waals surface area contributed by atoms with Crippen LogP contribution in [0.15, 0.2) is 66.9 Å². The quantitative estimate of drug-likeness (QED) is 0.751. The van der Waals surface area contributed by atoms with Crippen LogP contribution in [0.4, 0.5) is 11.5 Å². The second-order valence-electron chi connectivity index (χ2n) is 6.27. The molecule has 0 radical (unpaired) electrons. The lowest BCUT2D eigenvalue weighted by atomic mass is 10.2. The molecule has 2 aromatic carbocycles. The smallest absolute Gasteiger partial charge is 0.256 e. The molecule has 2 heterocycles. The number of aromatic nitrogens is 1. The van der Waals surface area contributed by atoms with Crippen molar-refractivity contribution in [2.24, 2.45) is 0 Å². The van der Waals surface area contributed by atoms with E-state index in [-0.39, 0.29) is 12.7 Å². The molecule has 6 heteroatoms. The molecule has 4 rings (SSSR count). The number of nitrogens with zero attached hydrogens (tertiary/aromatic N) is 2. The molecule has 0 atom stereocenters. The molecule has 1 N–H and O–H groups in total. The van der Waals surface area contributed by atoms with E-state index in [0.29, 0.717) is 22.9 Å². The maximum Gasteiger partial charge on any atom is 0.256 e. The van der Waals surface area contributed by atoms with Crippen LogP contribution in [0.2, 0.25) is 0 Å². The predicted molar refractivity (Wildman–Crippen MR) is 103 cm³/mol. The Labute approximate surface area is 157 Å². The Morgan fingerprint density at radius 3 is 2.67 bits per heavy atom. The second-order valence-corrected chi connectivity index (χ2v) is 6.27. The van der Waals surface area contributed by atoms with E-state index >= 15 is 0 Å². The average molecular weight is 361 g/mol. The van der Waals surface area contributed by atoms with Gasteiger partial charge >= 0.3 is 0 Å². The van der Waals surface area contributed by atoms with E-state index in [4.69, 9.17) is 9.47 Å². The van der Waals surface area contributed by atoms with Gasteiger partial charge in [-0.25, -0.2) is 4.98 Å². The van der Waals surface area contributed by atoms with Crippen LogP contribution in [-0.4, -0.2) is 24.7 Å². The van der Waals surface area contributed by atoms with Crippen LogP contribution in [0.25, 0.3) is 0 Å². The molecular weight excluding hydrogens is 342 g/mol. The zero-order valence-electron chi connectivity index (χ0n) is 14.9. The van der Waals surface area contributed by atoms with Gasteiger partial charge in [-0.15, -0.1) is 0 Å². The standard InChI is InChI=1S/C21H19N3O3/c1-24(13-15-5-3-2-4-6-15)17-8-10-20(22-12-17)23-21(25)16-7-9-18-19(11-16)27-14-26-18/h2-12H,13-14H2,1H3,(H,22,23,25). The highest BCUT2D eigenvalue weighted by Gasteiger charge is 2.16. The number of pyridine rings is 1. The number of amides is 1. The Balaban J connectivity index is 1.41. The largest absolute Gasteiger partial charge is 0.454 e. The molecule has 136 valence electrons. The van der Waals surface area contributed by atoms with Gasteiger partial charge in [0.05, 0.1) is 11.9 Å². The van der Waals surface area contributed by atoms with Crippen LogP contribution in [0, 0.1) is 0 Å². The minimum atomic E-state index is -0.244. The van der Waals surface area contributed by atoms with Gasteiger partial charge in [-0.05, 0) is 35.9 Å². The van der Waals surface area contributed by atoms with E-state index in [2.05, 4.69) is 27.3 Å². The summed E-state index contributed by atoms with van der Waals surface area (Å²) in [6.45, 7) is 0.964. The van der Waals surface area contributed by atoms with Crippen LogP contribution in [0.1, 0.15) is 15.9 Å². The molecular formula is C21H19N3O3. The third-order valence-corrected chi connectivity index (χ3v) is 4.33. The van der Waals surface area contributed by atoms with E-state index in [9.17, 15) is 4.79 Å². The molecule has 3 aromatic rings. The molecule has 1 amide bonds. The summed E-state index contributed by atoms with van der Waals surface area (Å²) in [5.74, 6) is 1.48. The highest BCUT2D eigenvalue weighted by atomic mass is 16.7. The van der Waals surface area contributed by atoms with Crippen LogP contribution in [0.3, 0.4) is 0 Å². The first kappa shape index (κ1) is 16.9. The SMILES string of the molecule is CN(Cc1ccccc1)c1ccc(NC(=O)c2ccc3c(c2)OCO3)nc1.